The van der Waals surface area contributed by atoms with E-state index in [4.69, 9.17) is 5.21 Å². The molecule has 0 aliphatic carbocycles. The van der Waals surface area contributed by atoms with E-state index in [1.165, 1.54) is 5.01 Å². The van der Waals surface area contributed by atoms with Crippen LogP contribution in [0.5, 0.6) is 0 Å². The van der Waals surface area contributed by atoms with E-state index in [0.29, 0.717) is 6.54 Å². The zero-order valence-corrected chi connectivity index (χ0v) is 7.69. The summed E-state index contributed by atoms with van der Waals surface area (Å²) in [5, 5.41) is 23.0. The molecule has 0 unspecified atom stereocenters. The Balaban J connectivity index is 0. The van der Waals surface area contributed by atoms with Crippen LogP contribution in [-0.4, -0.2) is 56.8 Å². The van der Waals surface area contributed by atoms with E-state index in [2.05, 4.69) is 11.9 Å². The maximum absolute atomic E-state index is 10.9. The molecule has 0 heterocycles. The SMILES string of the molecule is C=CCN([N+]([O-])=NO)C(C)(C)C.[NaH]. The van der Waals surface area contributed by atoms with Crippen LogP contribution in [0.2, 0.25) is 0 Å². The molecule has 5 nitrogen and oxygen atoms in total. The number of hydrazine groups is 1. The topological polar surface area (TPSA) is 61.9 Å². The molecule has 0 saturated carbocycles. The minimum absolute atomic E-state index is 0. The second-order valence-corrected chi connectivity index (χ2v) is 3.38. The van der Waals surface area contributed by atoms with Gasteiger partial charge in [-0.2, -0.15) is 0 Å². The molecule has 0 amide bonds. The molecule has 0 aliphatic rings. The maximum atomic E-state index is 10.9. The molecule has 0 aliphatic heterocycles. The van der Waals surface area contributed by atoms with Crippen LogP contribution >= 0.6 is 0 Å². The standard InChI is InChI=1S/C7H15N3O2.Na.H/c1-5-6-9(7(2,3)4)10(12)8-11;;/h5,11H,1,6H2,2-4H3;;. The Morgan fingerprint density at radius 2 is 2.08 bits per heavy atom. The van der Waals surface area contributed by atoms with E-state index < -0.39 is 0 Å². The first-order chi connectivity index (χ1) is 5.43. The van der Waals surface area contributed by atoms with Gasteiger partial charge in [0.15, 0.2) is 0 Å². The quantitative estimate of drug-likeness (QED) is 0.240. The molecule has 13 heavy (non-hydrogen) atoms. The molecule has 0 atom stereocenters. The van der Waals surface area contributed by atoms with Gasteiger partial charge in [-0.15, -0.1) is 11.6 Å². The van der Waals surface area contributed by atoms with Gasteiger partial charge in [-0.3, -0.25) is 0 Å². The van der Waals surface area contributed by atoms with Crippen molar-refractivity contribution in [1.29, 1.82) is 0 Å². The fraction of sp³-hybridized carbons (Fsp3) is 0.714. The van der Waals surface area contributed by atoms with Crippen LogP contribution in [0.1, 0.15) is 20.8 Å². The average Bonchev–Trinajstić information content (AvgIpc) is 1.96. The first kappa shape index (κ1) is 15.2. The van der Waals surface area contributed by atoms with E-state index in [-0.39, 0.29) is 40.1 Å². The Morgan fingerprint density at radius 3 is 2.31 bits per heavy atom. The molecule has 72 valence electrons. The van der Waals surface area contributed by atoms with Crippen LogP contribution in [0.25, 0.3) is 0 Å². The van der Waals surface area contributed by atoms with Crippen molar-refractivity contribution in [3.05, 3.63) is 17.9 Å². The summed E-state index contributed by atoms with van der Waals surface area (Å²) in [6, 6.07) is 0. The summed E-state index contributed by atoms with van der Waals surface area (Å²) in [6.45, 7) is 9.36. The van der Waals surface area contributed by atoms with Crippen molar-refractivity contribution < 1.29 is 10.2 Å². The predicted octanol–water partition coefficient (Wildman–Crippen LogP) is 0.891. The van der Waals surface area contributed by atoms with Crippen LogP contribution < -0.4 is 0 Å². The second-order valence-electron chi connectivity index (χ2n) is 3.38. The molecule has 0 aromatic carbocycles. The molecule has 0 rings (SSSR count). The first-order valence-corrected chi connectivity index (χ1v) is 3.64. The normalized spacial score (nSPS) is 11.8. The monoisotopic (exact) mass is 197 g/mol. The Labute approximate surface area is 101 Å². The summed E-state index contributed by atoms with van der Waals surface area (Å²) in [7, 11) is 0. The molecule has 0 radical (unpaired) electrons. The van der Waals surface area contributed by atoms with Crippen molar-refractivity contribution in [2.24, 2.45) is 5.28 Å². The summed E-state index contributed by atoms with van der Waals surface area (Å²) >= 11 is 0. The zero-order valence-electron chi connectivity index (χ0n) is 7.69. The number of nitrogens with zero attached hydrogens (tertiary/aromatic N) is 3. The van der Waals surface area contributed by atoms with Crippen LogP contribution in [0.3, 0.4) is 0 Å². The van der Waals surface area contributed by atoms with Gasteiger partial charge in [0.25, 0.3) is 0 Å². The van der Waals surface area contributed by atoms with E-state index in [0.717, 1.165) is 0 Å². The first-order valence-electron chi connectivity index (χ1n) is 3.64. The zero-order chi connectivity index (χ0) is 9.78. The molecule has 0 fully saturated rings. The minimum atomic E-state index is -0.387. The Kier molecular flexibility index (Phi) is 7.30. The van der Waals surface area contributed by atoms with Crippen LogP contribution in [0, 0.1) is 5.21 Å². The van der Waals surface area contributed by atoms with E-state index in [1.54, 1.807) is 6.08 Å². The van der Waals surface area contributed by atoms with Crippen molar-refractivity contribution in [3.63, 3.8) is 0 Å². The fourth-order valence-corrected chi connectivity index (χ4v) is 0.771. The third-order valence-electron chi connectivity index (χ3n) is 1.36. The van der Waals surface area contributed by atoms with E-state index in [9.17, 15) is 5.21 Å². The van der Waals surface area contributed by atoms with Gasteiger partial charge in [-0.25, -0.2) is 0 Å². The van der Waals surface area contributed by atoms with Crippen molar-refractivity contribution in [1.82, 2.24) is 5.01 Å². The van der Waals surface area contributed by atoms with Gasteiger partial charge in [-0.1, -0.05) is 6.08 Å². The van der Waals surface area contributed by atoms with Crippen molar-refractivity contribution >= 4 is 29.6 Å². The molecule has 1 N–H and O–H groups in total. The Hall–Kier alpha value is -0.260. The van der Waals surface area contributed by atoms with Gasteiger partial charge in [0, 0.05) is 0 Å². The van der Waals surface area contributed by atoms with Gasteiger partial charge in [0.1, 0.15) is 0 Å². The van der Waals surface area contributed by atoms with Crippen molar-refractivity contribution in [2.75, 3.05) is 6.54 Å². The molecule has 0 aromatic heterocycles. The summed E-state index contributed by atoms with van der Waals surface area (Å²) in [4.78, 5) is 0.154. The van der Waals surface area contributed by atoms with Gasteiger partial charge in [0.2, 0.25) is 5.28 Å². The third kappa shape index (κ3) is 5.13. The molecule has 0 aromatic rings. The number of hydrogen-bond donors (Lipinski definition) is 1. The molecule has 6 heteroatoms. The third-order valence-corrected chi connectivity index (χ3v) is 1.36. The summed E-state index contributed by atoms with van der Waals surface area (Å²) in [6.07, 6.45) is 1.57. The van der Waals surface area contributed by atoms with Crippen LogP contribution in [0.4, 0.5) is 0 Å². The number of rotatable bonds is 3. The van der Waals surface area contributed by atoms with Gasteiger partial charge in [0.05, 0.1) is 17.1 Å². The molecule has 0 bridgehead atoms. The van der Waals surface area contributed by atoms with Crippen molar-refractivity contribution in [2.45, 2.75) is 26.3 Å². The van der Waals surface area contributed by atoms with E-state index in [1.807, 2.05) is 20.8 Å². The van der Waals surface area contributed by atoms with Crippen molar-refractivity contribution in [3.8, 4) is 0 Å². The molecule has 0 spiro atoms. The Morgan fingerprint density at radius 1 is 1.62 bits per heavy atom. The van der Waals surface area contributed by atoms with Gasteiger partial charge >= 0.3 is 29.6 Å². The number of hydrogen-bond acceptors (Lipinski definition) is 2. The molecular weight excluding hydrogens is 181 g/mol. The summed E-state index contributed by atoms with van der Waals surface area (Å²) in [5.41, 5.74) is -0.387. The van der Waals surface area contributed by atoms with Gasteiger partial charge in [-0.05, 0) is 20.8 Å². The van der Waals surface area contributed by atoms with Gasteiger partial charge < -0.3 is 10.4 Å². The summed E-state index contributed by atoms with van der Waals surface area (Å²) < 4.78 is 0. The predicted molar refractivity (Wildman–Crippen MR) is 51.6 cm³/mol. The van der Waals surface area contributed by atoms with Crippen LogP contribution in [0.15, 0.2) is 17.9 Å². The van der Waals surface area contributed by atoms with E-state index >= 15 is 0 Å². The average molecular weight is 197 g/mol. The fourth-order valence-electron chi connectivity index (χ4n) is 0.771. The summed E-state index contributed by atoms with van der Waals surface area (Å²) in [5.74, 6) is 0. The second kappa shape index (κ2) is 6.23. The van der Waals surface area contributed by atoms with Crippen LogP contribution in [-0.2, 0) is 0 Å². The molecule has 0 saturated heterocycles. The Bertz CT molecular complexity index is 189. The molecular formula is C7H16N3NaO2.